The average Bonchev–Trinajstić information content (AvgIpc) is 2.38. The molecular weight excluding hydrogens is 293 g/mol. The maximum atomic E-state index is 13.5. The largest absolute Gasteiger partial charge is 0.411 e. The molecule has 120 valence electrons. The normalized spacial score (nSPS) is 13.4. The van der Waals surface area contributed by atoms with Gasteiger partial charge in [0, 0.05) is 12.6 Å². The van der Waals surface area contributed by atoms with Crippen LogP contribution >= 0.6 is 0 Å². The Hall–Kier alpha value is -1.21. The van der Waals surface area contributed by atoms with Crippen LogP contribution in [0.25, 0.3) is 0 Å². The van der Waals surface area contributed by atoms with Crippen molar-refractivity contribution >= 4 is 0 Å². The molecular formula is C14H18F5NO. The first kappa shape index (κ1) is 17.8. The van der Waals surface area contributed by atoms with E-state index in [4.69, 9.17) is 0 Å². The van der Waals surface area contributed by atoms with Crippen molar-refractivity contribution in [3.8, 4) is 0 Å². The van der Waals surface area contributed by atoms with Crippen LogP contribution in [-0.2, 0) is 11.2 Å². The molecule has 0 amide bonds. The van der Waals surface area contributed by atoms with E-state index in [2.05, 4.69) is 10.1 Å². The van der Waals surface area contributed by atoms with E-state index in [1.807, 2.05) is 6.92 Å². The van der Waals surface area contributed by atoms with Crippen molar-refractivity contribution in [1.29, 1.82) is 0 Å². The van der Waals surface area contributed by atoms with Gasteiger partial charge in [0.15, 0.2) is 0 Å². The van der Waals surface area contributed by atoms with Crippen LogP contribution in [-0.4, -0.2) is 32.0 Å². The summed E-state index contributed by atoms with van der Waals surface area (Å²) in [6, 6.07) is 2.87. The molecule has 0 radical (unpaired) electrons. The number of halogens is 5. The third-order valence-corrected chi connectivity index (χ3v) is 2.84. The molecule has 0 spiro atoms. The van der Waals surface area contributed by atoms with Gasteiger partial charge in [0.25, 0.3) is 0 Å². The minimum absolute atomic E-state index is 0.103. The van der Waals surface area contributed by atoms with E-state index < -0.39 is 24.4 Å². The van der Waals surface area contributed by atoms with Crippen molar-refractivity contribution in [3.63, 3.8) is 0 Å². The Kier molecular flexibility index (Phi) is 7.04. The fourth-order valence-corrected chi connectivity index (χ4v) is 1.94. The van der Waals surface area contributed by atoms with Crippen molar-refractivity contribution in [1.82, 2.24) is 5.32 Å². The average molecular weight is 311 g/mol. The van der Waals surface area contributed by atoms with Crippen molar-refractivity contribution in [2.24, 2.45) is 0 Å². The minimum atomic E-state index is -4.36. The van der Waals surface area contributed by atoms with E-state index in [0.29, 0.717) is 6.54 Å². The number of ether oxygens (including phenoxy) is 1. The van der Waals surface area contributed by atoms with E-state index in [9.17, 15) is 22.0 Å². The molecule has 1 atom stereocenters. The number of hydrogen-bond donors (Lipinski definition) is 1. The van der Waals surface area contributed by atoms with E-state index in [1.165, 1.54) is 0 Å². The maximum Gasteiger partial charge on any atom is 0.411 e. The summed E-state index contributed by atoms with van der Waals surface area (Å²) in [4.78, 5) is 0. The molecule has 0 aliphatic rings. The summed E-state index contributed by atoms with van der Waals surface area (Å²) < 4.78 is 67.0. The number of benzene rings is 1. The second-order valence-corrected chi connectivity index (χ2v) is 4.65. The van der Waals surface area contributed by atoms with Crippen LogP contribution in [0.4, 0.5) is 22.0 Å². The lowest BCUT2D eigenvalue weighted by Gasteiger charge is -2.18. The van der Waals surface area contributed by atoms with Gasteiger partial charge in [0.05, 0.1) is 0 Å². The Morgan fingerprint density at radius 1 is 1.24 bits per heavy atom. The molecule has 0 heterocycles. The zero-order valence-corrected chi connectivity index (χ0v) is 11.6. The van der Waals surface area contributed by atoms with E-state index in [0.717, 1.165) is 18.2 Å². The second kappa shape index (κ2) is 8.29. The van der Waals surface area contributed by atoms with Crippen molar-refractivity contribution in [3.05, 3.63) is 35.4 Å². The Balaban J connectivity index is 2.51. The highest BCUT2D eigenvalue weighted by atomic mass is 19.4. The van der Waals surface area contributed by atoms with Crippen molar-refractivity contribution in [2.45, 2.75) is 32.0 Å². The lowest BCUT2D eigenvalue weighted by atomic mass is 10.0. The third kappa shape index (κ3) is 7.38. The first-order valence-electron chi connectivity index (χ1n) is 6.63. The summed E-state index contributed by atoms with van der Waals surface area (Å²) in [5.41, 5.74) is 0.191. The minimum Gasteiger partial charge on any atom is -0.372 e. The molecule has 0 fully saturated rings. The van der Waals surface area contributed by atoms with Gasteiger partial charge < -0.3 is 10.1 Å². The summed E-state index contributed by atoms with van der Waals surface area (Å²) in [7, 11) is 0. The molecule has 2 nitrogen and oxygen atoms in total. The highest BCUT2D eigenvalue weighted by molar-refractivity contribution is 5.19. The van der Waals surface area contributed by atoms with Gasteiger partial charge in [-0.15, -0.1) is 0 Å². The Morgan fingerprint density at radius 3 is 2.57 bits per heavy atom. The van der Waals surface area contributed by atoms with Gasteiger partial charge in [0.2, 0.25) is 0 Å². The molecule has 0 saturated carbocycles. The zero-order chi connectivity index (χ0) is 15.9. The predicted octanol–water partition coefficient (Wildman–Crippen LogP) is 3.45. The molecule has 0 bridgehead atoms. The fourth-order valence-electron chi connectivity index (χ4n) is 1.94. The first-order chi connectivity index (χ1) is 9.81. The SMILES string of the molecule is CCNC(CCOCC(F)(F)F)Cc1cc(F)ccc1F. The second-order valence-electron chi connectivity index (χ2n) is 4.65. The van der Waals surface area contributed by atoms with Gasteiger partial charge in [-0.1, -0.05) is 6.92 Å². The number of alkyl halides is 3. The molecule has 1 aromatic rings. The van der Waals surface area contributed by atoms with Crippen LogP contribution in [0.3, 0.4) is 0 Å². The fraction of sp³-hybridized carbons (Fsp3) is 0.571. The lowest BCUT2D eigenvalue weighted by molar-refractivity contribution is -0.174. The molecule has 1 rings (SSSR count). The van der Waals surface area contributed by atoms with Gasteiger partial charge in [-0.3, -0.25) is 0 Å². The van der Waals surface area contributed by atoms with Crippen LogP contribution in [0.2, 0.25) is 0 Å². The molecule has 7 heteroatoms. The first-order valence-corrected chi connectivity index (χ1v) is 6.63. The maximum absolute atomic E-state index is 13.5. The monoisotopic (exact) mass is 311 g/mol. The summed E-state index contributed by atoms with van der Waals surface area (Å²) in [5, 5.41) is 3.03. The smallest absolute Gasteiger partial charge is 0.372 e. The number of hydrogen-bond acceptors (Lipinski definition) is 2. The van der Waals surface area contributed by atoms with Crippen LogP contribution in [0.1, 0.15) is 18.9 Å². The molecule has 21 heavy (non-hydrogen) atoms. The zero-order valence-electron chi connectivity index (χ0n) is 11.6. The summed E-state index contributed by atoms with van der Waals surface area (Å²) in [6.07, 6.45) is -3.89. The summed E-state index contributed by atoms with van der Waals surface area (Å²) >= 11 is 0. The van der Waals surface area contributed by atoms with Gasteiger partial charge in [0.1, 0.15) is 18.2 Å². The number of nitrogens with one attached hydrogen (secondary N) is 1. The Bertz CT molecular complexity index is 436. The van der Waals surface area contributed by atoms with Gasteiger partial charge >= 0.3 is 6.18 Å². The van der Waals surface area contributed by atoms with Gasteiger partial charge in [-0.2, -0.15) is 13.2 Å². The van der Waals surface area contributed by atoms with E-state index >= 15 is 0 Å². The quantitative estimate of drug-likeness (QED) is 0.586. The van der Waals surface area contributed by atoms with Crippen molar-refractivity contribution < 1.29 is 26.7 Å². The standard InChI is InChI=1S/C14H18F5NO/c1-2-20-12(5-6-21-9-14(17,18)19)8-10-7-11(15)3-4-13(10)16/h3-4,7,12,20H,2,5-6,8-9H2,1H3. The summed E-state index contributed by atoms with van der Waals surface area (Å²) in [5.74, 6) is -1.08. The highest BCUT2D eigenvalue weighted by Gasteiger charge is 2.27. The number of likely N-dealkylation sites (N-methyl/N-ethyl adjacent to an activating group) is 1. The Labute approximate surface area is 120 Å². The van der Waals surface area contributed by atoms with Gasteiger partial charge in [-0.25, -0.2) is 8.78 Å². The molecule has 1 aromatic carbocycles. The Morgan fingerprint density at radius 2 is 1.95 bits per heavy atom. The molecule has 0 aliphatic carbocycles. The van der Waals surface area contributed by atoms with Crippen LogP contribution in [0, 0.1) is 11.6 Å². The van der Waals surface area contributed by atoms with E-state index in [-0.39, 0.29) is 31.1 Å². The van der Waals surface area contributed by atoms with Crippen molar-refractivity contribution in [2.75, 3.05) is 19.8 Å². The summed E-state index contributed by atoms with van der Waals surface area (Å²) in [6.45, 7) is 0.987. The lowest BCUT2D eigenvalue weighted by Crippen LogP contribution is -2.33. The van der Waals surface area contributed by atoms with Gasteiger partial charge in [-0.05, 0) is 43.1 Å². The number of rotatable bonds is 8. The third-order valence-electron chi connectivity index (χ3n) is 2.84. The predicted molar refractivity (Wildman–Crippen MR) is 69.0 cm³/mol. The molecule has 0 saturated heterocycles. The van der Waals surface area contributed by atoms with Crippen LogP contribution < -0.4 is 5.32 Å². The molecule has 0 aliphatic heterocycles. The topological polar surface area (TPSA) is 21.3 Å². The van der Waals surface area contributed by atoms with E-state index in [1.54, 1.807) is 0 Å². The molecule has 1 unspecified atom stereocenters. The van der Waals surface area contributed by atoms with Crippen LogP contribution in [0.5, 0.6) is 0 Å². The van der Waals surface area contributed by atoms with Crippen LogP contribution in [0.15, 0.2) is 18.2 Å². The molecule has 1 N–H and O–H groups in total. The highest BCUT2D eigenvalue weighted by Crippen LogP contribution is 2.16. The molecule has 0 aromatic heterocycles.